The zero-order chi connectivity index (χ0) is 13.2. The van der Waals surface area contributed by atoms with Crippen LogP contribution in [-0.4, -0.2) is 16.6 Å². The molecule has 4 nitrogen and oxygen atoms in total. The second kappa shape index (κ2) is 5.12. The third-order valence-electron chi connectivity index (χ3n) is 3.09. The summed E-state index contributed by atoms with van der Waals surface area (Å²) in [5, 5.41) is 10.0. The monoisotopic (exact) mass is 272 g/mol. The Morgan fingerprint density at radius 1 is 1.39 bits per heavy atom. The number of carbonyl (C=O) groups excluding carboxylic acids is 1. The van der Waals surface area contributed by atoms with Crippen LogP contribution >= 0.6 is 11.6 Å². The molecule has 1 fully saturated rings. The maximum Gasteiger partial charge on any atom is 0.270 e. The van der Waals surface area contributed by atoms with Crippen LogP contribution in [-0.2, 0) is 4.79 Å². The minimum atomic E-state index is -1.31. The molecular weight excluding hydrogens is 259 g/mol. The van der Waals surface area contributed by atoms with Crippen molar-refractivity contribution >= 4 is 23.2 Å². The van der Waals surface area contributed by atoms with Gasteiger partial charge in [0.15, 0.2) is 0 Å². The summed E-state index contributed by atoms with van der Waals surface area (Å²) in [6.07, 6.45) is 2.57. The Morgan fingerprint density at radius 3 is 2.67 bits per heavy atom. The van der Waals surface area contributed by atoms with Gasteiger partial charge in [0, 0.05) is 6.07 Å². The molecule has 2 rings (SSSR count). The molecule has 1 saturated carbocycles. The second-order valence-corrected chi connectivity index (χ2v) is 4.85. The minimum absolute atomic E-state index is 0.0151. The molecule has 98 valence electrons. The molecule has 1 aromatic rings. The normalized spacial score (nSPS) is 17.5. The fourth-order valence-corrected chi connectivity index (χ4v) is 2.12. The first-order chi connectivity index (χ1) is 8.51. The van der Waals surface area contributed by atoms with Crippen molar-refractivity contribution < 1.29 is 14.3 Å². The van der Waals surface area contributed by atoms with Crippen LogP contribution in [0.15, 0.2) is 18.2 Å². The van der Waals surface area contributed by atoms with E-state index in [1.807, 2.05) is 0 Å². The average molecular weight is 273 g/mol. The highest BCUT2D eigenvalue weighted by Gasteiger charge is 2.38. The van der Waals surface area contributed by atoms with Crippen molar-refractivity contribution in [3.05, 3.63) is 29.0 Å². The molecule has 0 unspecified atom stereocenters. The van der Waals surface area contributed by atoms with Crippen molar-refractivity contribution in [3.8, 4) is 0 Å². The van der Waals surface area contributed by atoms with Gasteiger partial charge in [-0.25, -0.2) is 4.39 Å². The fraction of sp³-hybridized carbons (Fsp3) is 0.417. The number of nitrogens with one attached hydrogen (secondary N) is 2. The third-order valence-corrected chi connectivity index (χ3v) is 3.40. The lowest BCUT2D eigenvalue weighted by atomic mass is 10.0. The molecule has 0 atom stereocenters. The molecule has 0 aromatic heterocycles. The van der Waals surface area contributed by atoms with Gasteiger partial charge in [-0.3, -0.25) is 15.6 Å². The van der Waals surface area contributed by atoms with Crippen LogP contribution < -0.4 is 10.9 Å². The lowest BCUT2D eigenvalue weighted by molar-refractivity contribution is -0.138. The quantitative estimate of drug-likeness (QED) is 0.740. The number of carbonyl (C=O) groups is 1. The number of aliphatic hydroxyl groups is 1. The fourth-order valence-electron chi connectivity index (χ4n) is 2.01. The topological polar surface area (TPSA) is 61.4 Å². The highest BCUT2D eigenvalue weighted by Crippen LogP contribution is 2.29. The third kappa shape index (κ3) is 2.73. The molecule has 18 heavy (non-hydrogen) atoms. The van der Waals surface area contributed by atoms with E-state index >= 15 is 0 Å². The van der Waals surface area contributed by atoms with E-state index in [2.05, 4.69) is 10.9 Å². The van der Waals surface area contributed by atoms with Crippen molar-refractivity contribution in [2.24, 2.45) is 0 Å². The number of hydrogen-bond donors (Lipinski definition) is 3. The SMILES string of the molecule is O=C(NNc1ccc(Cl)c(F)c1)C1(O)CCCC1. The van der Waals surface area contributed by atoms with Crippen molar-refractivity contribution in [2.45, 2.75) is 31.3 Å². The number of rotatable bonds is 3. The number of anilines is 1. The van der Waals surface area contributed by atoms with Gasteiger partial charge in [0.1, 0.15) is 11.4 Å². The lowest BCUT2D eigenvalue weighted by Crippen LogP contribution is -2.46. The molecular formula is C12H14ClFN2O2. The largest absolute Gasteiger partial charge is 0.380 e. The summed E-state index contributed by atoms with van der Waals surface area (Å²) in [4.78, 5) is 11.7. The molecule has 3 N–H and O–H groups in total. The van der Waals surface area contributed by atoms with E-state index in [1.165, 1.54) is 18.2 Å². The first-order valence-electron chi connectivity index (χ1n) is 5.75. The average Bonchev–Trinajstić information content (AvgIpc) is 2.79. The molecule has 0 bridgehead atoms. The molecule has 0 aliphatic heterocycles. The molecule has 1 aliphatic carbocycles. The summed E-state index contributed by atoms with van der Waals surface area (Å²) in [5.41, 5.74) is 4.00. The molecule has 1 aromatic carbocycles. The first kappa shape index (κ1) is 13.1. The van der Waals surface area contributed by atoms with Gasteiger partial charge in [0.2, 0.25) is 0 Å². The number of benzene rings is 1. The van der Waals surface area contributed by atoms with E-state index in [-0.39, 0.29) is 5.02 Å². The Bertz CT molecular complexity index is 461. The van der Waals surface area contributed by atoms with E-state index in [0.29, 0.717) is 18.5 Å². The van der Waals surface area contributed by atoms with Gasteiger partial charge in [-0.2, -0.15) is 0 Å². The Kier molecular flexibility index (Phi) is 3.73. The maximum atomic E-state index is 13.1. The Morgan fingerprint density at radius 2 is 2.06 bits per heavy atom. The van der Waals surface area contributed by atoms with Crippen molar-refractivity contribution in [3.63, 3.8) is 0 Å². The van der Waals surface area contributed by atoms with Gasteiger partial charge in [-0.05, 0) is 37.8 Å². The predicted octanol–water partition coefficient (Wildman–Crippen LogP) is 2.23. The Hall–Kier alpha value is -1.33. The van der Waals surface area contributed by atoms with Crippen molar-refractivity contribution in [2.75, 3.05) is 5.43 Å². The molecule has 0 spiro atoms. The molecule has 0 heterocycles. The lowest BCUT2D eigenvalue weighted by Gasteiger charge is -2.21. The number of hydrogen-bond acceptors (Lipinski definition) is 3. The van der Waals surface area contributed by atoms with Gasteiger partial charge in [0.25, 0.3) is 5.91 Å². The Balaban J connectivity index is 1.95. The van der Waals surface area contributed by atoms with E-state index in [0.717, 1.165) is 12.8 Å². The van der Waals surface area contributed by atoms with Crippen molar-refractivity contribution in [1.82, 2.24) is 5.43 Å². The predicted molar refractivity (Wildman–Crippen MR) is 66.6 cm³/mol. The van der Waals surface area contributed by atoms with Gasteiger partial charge in [0.05, 0.1) is 10.7 Å². The van der Waals surface area contributed by atoms with Crippen LogP contribution in [0.1, 0.15) is 25.7 Å². The summed E-state index contributed by atoms with van der Waals surface area (Å²) in [7, 11) is 0. The van der Waals surface area contributed by atoms with Crippen molar-refractivity contribution in [1.29, 1.82) is 0 Å². The minimum Gasteiger partial charge on any atom is -0.380 e. The van der Waals surface area contributed by atoms with Gasteiger partial charge in [-0.15, -0.1) is 0 Å². The van der Waals surface area contributed by atoms with Crippen LogP contribution in [0, 0.1) is 5.82 Å². The van der Waals surface area contributed by atoms with Gasteiger partial charge < -0.3 is 5.11 Å². The summed E-state index contributed by atoms with van der Waals surface area (Å²) in [5.74, 6) is -1.06. The number of amides is 1. The number of hydrazine groups is 1. The second-order valence-electron chi connectivity index (χ2n) is 4.45. The summed E-state index contributed by atoms with van der Waals surface area (Å²) < 4.78 is 13.1. The Labute approximate surface area is 109 Å². The number of halogens is 2. The van der Waals surface area contributed by atoms with E-state index in [4.69, 9.17) is 11.6 Å². The maximum absolute atomic E-state index is 13.1. The summed E-state index contributed by atoms with van der Waals surface area (Å²) in [6.45, 7) is 0. The smallest absolute Gasteiger partial charge is 0.270 e. The summed E-state index contributed by atoms with van der Waals surface area (Å²) >= 11 is 5.54. The standard InChI is InChI=1S/C12H14ClFN2O2/c13-9-4-3-8(7-10(9)14)15-16-11(17)12(18)5-1-2-6-12/h3-4,7,15,18H,1-2,5-6H2,(H,16,17). The van der Waals surface area contributed by atoms with Gasteiger partial charge in [-0.1, -0.05) is 11.6 Å². The zero-order valence-corrected chi connectivity index (χ0v) is 10.4. The molecule has 0 radical (unpaired) electrons. The molecule has 1 amide bonds. The highest BCUT2D eigenvalue weighted by molar-refractivity contribution is 6.30. The van der Waals surface area contributed by atoms with E-state index < -0.39 is 17.3 Å². The molecule has 0 saturated heterocycles. The van der Waals surface area contributed by atoms with Crippen LogP contribution in [0.5, 0.6) is 0 Å². The van der Waals surface area contributed by atoms with E-state index in [9.17, 15) is 14.3 Å². The van der Waals surface area contributed by atoms with Crippen LogP contribution in [0.4, 0.5) is 10.1 Å². The molecule has 6 heteroatoms. The van der Waals surface area contributed by atoms with Crippen LogP contribution in [0.3, 0.4) is 0 Å². The van der Waals surface area contributed by atoms with Gasteiger partial charge >= 0.3 is 0 Å². The van der Waals surface area contributed by atoms with E-state index in [1.54, 1.807) is 0 Å². The highest BCUT2D eigenvalue weighted by atomic mass is 35.5. The first-order valence-corrected chi connectivity index (χ1v) is 6.13. The zero-order valence-electron chi connectivity index (χ0n) is 9.67. The van der Waals surface area contributed by atoms with Crippen LogP contribution in [0.25, 0.3) is 0 Å². The summed E-state index contributed by atoms with van der Waals surface area (Å²) in [6, 6.07) is 4.08. The van der Waals surface area contributed by atoms with Crippen LogP contribution in [0.2, 0.25) is 5.02 Å². The molecule has 1 aliphatic rings.